The van der Waals surface area contributed by atoms with Gasteiger partial charge >= 0.3 is 0 Å². The van der Waals surface area contributed by atoms with Gasteiger partial charge in [-0.1, -0.05) is 6.42 Å². The molecule has 4 heterocycles. The fraction of sp³-hybridized carbons (Fsp3) is 0.625. The Morgan fingerprint density at radius 3 is 3.14 bits per heavy atom. The smallest absolute Gasteiger partial charge is 0.160 e. The van der Waals surface area contributed by atoms with Crippen LogP contribution in [0.15, 0.2) is 18.3 Å². The van der Waals surface area contributed by atoms with Crippen LogP contribution in [-0.2, 0) is 6.42 Å². The van der Waals surface area contributed by atoms with Crippen molar-refractivity contribution in [3.8, 4) is 0 Å². The third-order valence-electron chi connectivity index (χ3n) is 4.63. The van der Waals surface area contributed by atoms with E-state index in [9.17, 15) is 0 Å². The summed E-state index contributed by atoms with van der Waals surface area (Å²) >= 11 is 2.05. The van der Waals surface area contributed by atoms with Crippen molar-refractivity contribution in [1.82, 2.24) is 19.9 Å². The number of piperidine rings is 1. The molecule has 2 aromatic rings. The second-order valence-electron chi connectivity index (χ2n) is 6.11. The van der Waals surface area contributed by atoms with Gasteiger partial charge in [0.05, 0.1) is 0 Å². The second-order valence-corrected chi connectivity index (χ2v) is 7.26. The molecule has 0 aromatic carbocycles. The first-order chi connectivity index (χ1) is 10.4. The number of rotatable bonds is 3. The van der Waals surface area contributed by atoms with Crippen LogP contribution in [0.4, 0.5) is 0 Å². The van der Waals surface area contributed by atoms with Crippen LogP contribution >= 0.6 is 11.8 Å². The van der Waals surface area contributed by atoms with E-state index in [4.69, 9.17) is 4.98 Å². The Hall–Kier alpha value is -1.07. The molecule has 4 rings (SSSR count). The van der Waals surface area contributed by atoms with Crippen molar-refractivity contribution in [2.45, 2.75) is 44.2 Å². The number of aromatic nitrogens is 3. The van der Waals surface area contributed by atoms with Gasteiger partial charge in [-0.2, -0.15) is 11.8 Å². The molecule has 2 aromatic heterocycles. The van der Waals surface area contributed by atoms with Gasteiger partial charge in [-0.15, -0.1) is 0 Å². The van der Waals surface area contributed by atoms with E-state index in [-0.39, 0.29) is 0 Å². The maximum absolute atomic E-state index is 4.90. The third-order valence-corrected chi connectivity index (χ3v) is 5.78. The molecule has 2 saturated heterocycles. The minimum Gasteiger partial charge on any atom is -0.314 e. The molecule has 4 nitrogen and oxygen atoms in total. The average Bonchev–Trinajstić information content (AvgIpc) is 3.14. The van der Waals surface area contributed by atoms with Gasteiger partial charge < -0.3 is 9.88 Å². The van der Waals surface area contributed by atoms with E-state index in [0.29, 0.717) is 12.1 Å². The highest BCUT2D eigenvalue weighted by atomic mass is 32.2. The lowest BCUT2D eigenvalue weighted by molar-refractivity contribution is 0.386. The van der Waals surface area contributed by atoms with E-state index in [2.05, 4.69) is 32.7 Å². The zero-order chi connectivity index (χ0) is 14.1. The van der Waals surface area contributed by atoms with Crippen molar-refractivity contribution in [2.75, 3.05) is 18.1 Å². The molecule has 2 atom stereocenters. The normalized spacial score (nSPS) is 26.5. The predicted octanol–water partition coefficient (Wildman–Crippen LogP) is 2.79. The minimum atomic E-state index is 0.577. The van der Waals surface area contributed by atoms with E-state index < -0.39 is 0 Å². The summed E-state index contributed by atoms with van der Waals surface area (Å²) in [7, 11) is 0. The largest absolute Gasteiger partial charge is 0.314 e. The number of hydrogen-bond donors (Lipinski definition) is 1. The number of fused-ring (bicyclic) bond motifs is 1. The van der Waals surface area contributed by atoms with Crippen LogP contribution < -0.4 is 5.32 Å². The molecule has 0 bridgehead atoms. The maximum atomic E-state index is 4.90. The van der Waals surface area contributed by atoms with Gasteiger partial charge in [-0.05, 0) is 43.7 Å². The van der Waals surface area contributed by atoms with Gasteiger partial charge in [0, 0.05) is 30.5 Å². The van der Waals surface area contributed by atoms with Gasteiger partial charge in [0.1, 0.15) is 11.3 Å². The van der Waals surface area contributed by atoms with E-state index >= 15 is 0 Å². The lowest BCUT2D eigenvalue weighted by atomic mass is 10.0. The quantitative estimate of drug-likeness (QED) is 0.947. The molecule has 0 spiro atoms. The predicted molar refractivity (Wildman–Crippen MR) is 87.9 cm³/mol. The number of thioether (sulfide) groups is 1. The monoisotopic (exact) mass is 302 g/mol. The first kappa shape index (κ1) is 13.6. The Morgan fingerprint density at radius 1 is 1.33 bits per heavy atom. The SMILES string of the molecule is c1cnc2c(c1)nc(CC1CCCCN1)n2C1CCSC1. The Labute approximate surface area is 129 Å². The molecule has 0 radical (unpaired) electrons. The number of nitrogens with one attached hydrogen (secondary N) is 1. The Morgan fingerprint density at radius 2 is 2.33 bits per heavy atom. The molecule has 5 heteroatoms. The molecule has 2 aliphatic rings. The van der Waals surface area contributed by atoms with Gasteiger partial charge in [0.25, 0.3) is 0 Å². The van der Waals surface area contributed by atoms with Crippen molar-refractivity contribution in [2.24, 2.45) is 0 Å². The summed E-state index contributed by atoms with van der Waals surface area (Å²) in [5.74, 6) is 3.70. The summed E-state index contributed by atoms with van der Waals surface area (Å²) in [4.78, 5) is 9.51. The van der Waals surface area contributed by atoms with Crippen molar-refractivity contribution >= 4 is 22.9 Å². The maximum Gasteiger partial charge on any atom is 0.160 e. The van der Waals surface area contributed by atoms with Crippen molar-refractivity contribution in [1.29, 1.82) is 0 Å². The average molecular weight is 302 g/mol. The Kier molecular flexibility index (Phi) is 3.86. The van der Waals surface area contributed by atoms with Gasteiger partial charge in [-0.3, -0.25) is 0 Å². The molecule has 112 valence electrons. The standard InChI is InChI=1S/C16H22N4S/c1-2-7-17-12(4-1)10-15-19-14-5-3-8-18-16(14)20(15)13-6-9-21-11-13/h3,5,8,12-13,17H,1-2,4,6-7,9-11H2. The number of nitrogens with zero attached hydrogens (tertiary/aromatic N) is 3. The highest BCUT2D eigenvalue weighted by Crippen LogP contribution is 2.32. The Bertz CT molecular complexity index is 612. The highest BCUT2D eigenvalue weighted by Gasteiger charge is 2.25. The van der Waals surface area contributed by atoms with Crippen LogP contribution in [0.1, 0.15) is 37.5 Å². The topological polar surface area (TPSA) is 42.7 Å². The lowest BCUT2D eigenvalue weighted by Crippen LogP contribution is -2.36. The summed E-state index contributed by atoms with van der Waals surface area (Å²) in [5, 5.41) is 3.65. The third kappa shape index (κ3) is 2.69. The van der Waals surface area contributed by atoms with Crippen molar-refractivity contribution in [3.63, 3.8) is 0 Å². The molecular weight excluding hydrogens is 280 g/mol. The van der Waals surface area contributed by atoms with E-state index in [1.807, 2.05) is 12.3 Å². The zero-order valence-electron chi connectivity index (χ0n) is 12.3. The molecule has 0 saturated carbocycles. The highest BCUT2D eigenvalue weighted by molar-refractivity contribution is 7.99. The van der Waals surface area contributed by atoms with Crippen LogP contribution in [0, 0.1) is 0 Å². The fourth-order valence-electron chi connectivity index (χ4n) is 3.55. The van der Waals surface area contributed by atoms with Gasteiger partial charge in [0.15, 0.2) is 5.65 Å². The zero-order valence-corrected chi connectivity index (χ0v) is 13.1. The van der Waals surface area contributed by atoms with Crippen LogP contribution in [0.5, 0.6) is 0 Å². The molecule has 1 N–H and O–H groups in total. The number of pyridine rings is 1. The molecule has 21 heavy (non-hydrogen) atoms. The summed E-state index contributed by atoms with van der Waals surface area (Å²) in [6, 6.07) is 5.25. The molecule has 2 unspecified atom stereocenters. The molecule has 2 aliphatic heterocycles. The minimum absolute atomic E-state index is 0.577. The van der Waals surface area contributed by atoms with Crippen LogP contribution in [0.3, 0.4) is 0 Å². The van der Waals surface area contributed by atoms with E-state index in [1.54, 1.807) is 0 Å². The van der Waals surface area contributed by atoms with Crippen LogP contribution in [0.2, 0.25) is 0 Å². The van der Waals surface area contributed by atoms with E-state index in [1.165, 1.54) is 43.0 Å². The fourth-order valence-corrected chi connectivity index (χ4v) is 4.74. The second kappa shape index (κ2) is 5.97. The van der Waals surface area contributed by atoms with Gasteiger partial charge in [0.2, 0.25) is 0 Å². The molecule has 2 fully saturated rings. The van der Waals surface area contributed by atoms with Crippen LogP contribution in [0.25, 0.3) is 11.2 Å². The summed E-state index contributed by atoms with van der Waals surface area (Å²) < 4.78 is 2.44. The van der Waals surface area contributed by atoms with Crippen molar-refractivity contribution < 1.29 is 0 Å². The van der Waals surface area contributed by atoms with E-state index in [0.717, 1.165) is 24.1 Å². The summed E-state index contributed by atoms with van der Waals surface area (Å²) in [6.07, 6.45) is 8.11. The Balaban J connectivity index is 1.70. The van der Waals surface area contributed by atoms with Crippen LogP contribution in [-0.4, -0.2) is 38.6 Å². The molecule has 0 amide bonds. The first-order valence-corrected chi connectivity index (χ1v) is 9.20. The lowest BCUT2D eigenvalue weighted by Gasteiger charge is -2.24. The first-order valence-electron chi connectivity index (χ1n) is 8.05. The summed E-state index contributed by atoms with van der Waals surface area (Å²) in [6.45, 7) is 1.16. The number of imidazole rings is 1. The summed E-state index contributed by atoms with van der Waals surface area (Å²) in [5.41, 5.74) is 2.14. The number of hydrogen-bond acceptors (Lipinski definition) is 4. The van der Waals surface area contributed by atoms with Gasteiger partial charge in [-0.25, -0.2) is 9.97 Å². The molecular formula is C16H22N4S. The van der Waals surface area contributed by atoms with Crippen molar-refractivity contribution in [3.05, 3.63) is 24.2 Å². The molecule has 0 aliphatic carbocycles.